The SMILES string of the molecule is COc1cccc2c1SCC(C(=O)N1CCCC1CS(=O)(=O)c1ccccc1)C2. The highest BCUT2D eigenvalue weighted by atomic mass is 32.2. The number of rotatable bonds is 5. The first kappa shape index (κ1) is 20.3. The van der Waals surface area contributed by atoms with E-state index in [1.54, 1.807) is 49.2 Å². The molecule has 0 radical (unpaired) electrons. The monoisotopic (exact) mass is 431 g/mol. The quantitative estimate of drug-likeness (QED) is 0.726. The minimum Gasteiger partial charge on any atom is -0.496 e. The molecule has 0 bridgehead atoms. The third kappa shape index (κ3) is 4.16. The zero-order chi connectivity index (χ0) is 20.4. The van der Waals surface area contributed by atoms with Gasteiger partial charge in [-0.2, -0.15) is 0 Å². The first-order valence-corrected chi connectivity index (χ1v) is 12.5. The van der Waals surface area contributed by atoms with Gasteiger partial charge in [-0.1, -0.05) is 30.3 Å². The molecule has 0 N–H and O–H groups in total. The fourth-order valence-electron chi connectivity index (χ4n) is 4.22. The molecule has 2 aliphatic heterocycles. The van der Waals surface area contributed by atoms with Gasteiger partial charge in [0.2, 0.25) is 5.91 Å². The van der Waals surface area contributed by atoms with Gasteiger partial charge in [0, 0.05) is 18.3 Å². The lowest BCUT2D eigenvalue weighted by molar-refractivity contribution is -0.135. The highest BCUT2D eigenvalue weighted by Crippen LogP contribution is 2.40. The van der Waals surface area contributed by atoms with Gasteiger partial charge in [0.1, 0.15) is 5.75 Å². The van der Waals surface area contributed by atoms with Crippen LogP contribution in [-0.4, -0.2) is 50.4 Å². The first-order chi connectivity index (χ1) is 14.0. The molecular weight excluding hydrogens is 406 g/mol. The second-order valence-electron chi connectivity index (χ2n) is 7.58. The number of hydrogen-bond acceptors (Lipinski definition) is 5. The molecule has 0 spiro atoms. The van der Waals surface area contributed by atoms with Crippen LogP contribution >= 0.6 is 11.8 Å². The fourth-order valence-corrected chi connectivity index (χ4v) is 7.10. The third-order valence-corrected chi connectivity index (χ3v) is 8.83. The lowest BCUT2D eigenvalue weighted by Gasteiger charge is -2.31. The molecule has 2 unspecified atom stereocenters. The molecule has 5 nitrogen and oxygen atoms in total. The van der Waals surface area contributed by atoms with Crippen molar-refractivity contribution in [2.24, 2.45) is 5.92 Å². The molecule has 2 aromatic carbocycles. The maximum atomic E-state index is 13.3. The standard InChI is InChI=1S/C22H25NO4S2/c1-27-20-11-5-7-16-13-17(14-28-21(16)20)22(24)23-12-6-8-18(23)15-29(25,26)19-9-3-2-4-10-19/h2-5,7,9-11,17-18H,6,8,12-15H2,1H3. The van der Waals surface area contributed by atoms with Crippen molar-refractivity contribution in [2.45, 2.75) is 35.1 Å². The molecule has 7 heteroatoms. The van der Waals surface area contributed by atoms with Gasteiger partial charge in [0.05, 0.1) is 28.6 Å². The lowest BCUT2D eigenvalue weighted by Crippen LogP contribution is -2.44. The largest absolute Gasteiger partial charge is 0.496 e. The number of sulfone groups is 1. The maximum absolute atomic E-state index is 13.3. The summed E-state index contributed by atoms with van der Waals surface area (Å²) in [7, 11) is -1.75. The molecule has 154 valence electrons. The number of nitrogens with zero attached hydrogens (tertiary/aromatic N) is 1. The summed E-state index contributed by atoms with van der Waals surface area (Å²) in [6.45, 7) is 0.639. The second kappa shape index (κ2) is 8.40. The van der Waals surface area contributed by atoms with Crippen molar-refractivity contribution in [3.8, 4) is 5.75 Å². The van der Waals surface area contributed by atoms with Gasteiger partial charge in [-0.05, 0) is 43.0 Å². The summed E-state index contributed by atoms with van der Waals surface area (Å²) in [5, 5.41) is 0. The molecule has 0 aliphatic carbocycles. The van der Waals surface area contributed by atoms with E-state index in [0.29, 0.717) is 23.6 Å². The molecule has 2 atom stereocenters. The van der Waals surface area contributed by atoms with Crippen LogP contribution in [0.5, 0.6) is 5.75 Å². The summed E-state index contributed by atoms with van der Waals surface area (Å²) in [4.78, 5) is 16.5. The normalized spacial score (nSPS) is 21.6. The van der Waals surface area contributed by atoms with E-state index < -0.39 is 9.84 Å². The van der Waals surface area contributed by atoms with Crippen molar-refractivity contribution in [3.63, 3.8) is 0 Å². The topological polar surface area (TPSA) is 63.7 Å². The van der Waals surface area contributed by atoms with Crippen LogP contribution in [0.4, 0.5) is 0 Å². The summed E-state index contributed by atoms with van der Waals surface area (Å²) in [5.41, 5.74) is 1.13. The molecule has 0 aromatic heterocycles. The molecule has 1 amide bonds. The number of carbonyl (C=O) groups is 1. The average Bonchev–Trinajstić information content (AvgIpc) is 3.20. The molecule has 0 saturated carbocycles. The molecule has 4 rings (SSSR count). The van der Waals surface area contributed by atoms with E-state index in [1.807, 2.05) is 23.1 Å². The zero-order valence-electron chi connectivity index (χ0n) is 16.4. The summed E-state index contributed by atoms with van der Waals surface area (Å²) >= 11 is 1.66. The average molecular weight is 432 g/mol. The number of thioether (sulfide) groups is 1. The van der Waals surface area contributed by atoms with Gasteiger partial charge in [-0.15, -0.1) is 11.8 Å². The van der Waals surface area contributed by atoms with Crippen LogP contribution in [0.15, 0.2) is 58.3 Å². The van der Waals surface area contributed by atoms with Crippen molar-refractivity contribution in [3.05, 3.63) is 54.1 Å². The Morgan fingerprint density at radius 3 is 2.72 bits per heavy atom. The molecule has 2 aromatic rings. The summed E-state index contributed by atoms with van der Waals surface area (Å²) in [6.07, 6.45) is 2.26. The Hall–Kier alpha value is -1.99. The molecule has 29 heavy (non-hydrogen) atoms. The van der Waals surface area contributed by atoms with E-state index >= 15 is 0 Å². The van der Waals surface area contributed by atoms with E-state index in [0.717, 1.165) is 29.1 Å². The number of carbonyl (C=O) groups excluding carboxylic acids is 1. The van der Waals surface area contributed by atoms with Crippen molar-refractivity contribution in [2.75, 3.05) is 25.2 Å². The molecular formula is C22H25NO4S2. The number of methoxy groups -OCH3 is 1. The van der Waals surface area contributed by atoms with Crippen molar-refractivity contribution < 1.29 is 17.9 Å². The van der Waals surface area contributed by atoms with Crippen molar-refractivity contribution >= 4 is 27.5 Å². The first-order valence-electron chi connectivity index (χ1n) is 9.86. The zero-order valence-corrected chi connectivity index (χ0v) is 18.0. The Labute approximate surface area is 176 Å². The maximum Gasteiger partial charge on any atom is 0.227 e. The van der Waals surface area contributed by atoms with E-state index in [2.05, 4.69) is 0 Å². The van der Waals surface area contributed by atoms with E-state index in [4.69, 9.17) is 4.74 Å². The van der Waals surface area contributed by atoms with Gasteiger partial charge in [-0.25, -0.2) is 8.42 Å². The van der Waals surface area contributed by atoms with E-state index in [1.165, 1.54) is 0 Å². The van der Waals surface area contributed by atoms with Gasteiger partial charge >= 0.3 is 0 Å². The Bertz CT molecular complexity index is 991. The molecule has 1 saturated heterocycles. The number of hydrogen-bond donors (Lipinski definition) is 0. The number of fused-ring (bicyclic) bond motifs is 1. The number of amides is 1. The second-order valence-corrected chi connectivity index (χ2v) is 10.6. The third-order valence-electron chi connectivity index (χ3n) is 5.70. The highest BCUT2D eigenvalue weighted by Gasteiger charge is 2.37. The Balaban J connectivity index is 1.48. The van der Waals surface area contributed by atoms with Crippen LogP contribution in [0.3, 0.4) is 0 Å². The summed E-state index contributed by atoms with van der Waals surface area (Å²) < 4.78 is 31.1. The summed E-state index contributed by atoms with van der Waals surface area (Å²) in [6, 6.07) is 14.2. The lowest BCUT2D eigenvalue weighted by atomic mass is 9.98. The number of ether oxygens (including phenoxy) is 1. The molecule has 1 fully saturated rings. The molecule has 2 aliphatic rings. The van der Waals surface area contributed by atoms with Crippen LogP contribution in [-0.2, 0) is 21.1 Å². The van der Waals surface area contributed by atoms with Crippen LogP contribution in [0.2, 0.25) is 0 Å². The van der Waals surface area contributed by atoms with Crippen LogP contribution in [0.25, 0.3) is 0 Å². The Kier molecular flexibility index (Phi) is 5.88. The summed E-state index contributed by atoms with van der Waals surface area (Å²) in [5.74, 6) is 1.50. The fraction of sp³-hybridized carbons (Fsp3) is 0.409. The smallest absolute Gasteiger partial charge is 0.227 e. The van der Waals surface area contributed by atoms with E-state index in [9.17, 15) is 13.2 Å². The van der Waals surface area contributed by atoms with E-state index in [-0.39, 0.29) is 23.6 Å². The van der Waals surface area contributed by atoms with Crippen molar-refractivity contribution in [1.82, 2.24) is 4.90 Å². The minimum atomic E-state index is -3.41. The van der Waals surface area contributed by atoms with Gasteiger partial charge in [-0.3, -0.25) is 4.79 Å². The number of likely N-dealkylation sites (tertiary alicyclic amines) is 1. The highest BCUT2D eigenvalue weighted by molar-refractivity contribution is 7.99. The van der Waals surface area contributed by atoms with Gasteiger partial charge < -0.3 is 9.64 Å². The Morgan fingerprint density at radius 2 is 1.97 bits per heavy atom. The van der Waals surface area contributed by atoms with Crippen LogP contribution < -0.4 is 4.74 Å². The Morgan fingerprint density at radius 1 is 1.17 bits per heavy atom. The van der Waals surface area contributed by atoms with Crippen molar-refractivity contribution in [1.29, 1.82) is 0 Å². The predicted molar refractivity (Wildman–Crippen MR) is 114 cm³/mol. The number of benzene rings is 2. The minimum absolute atomic E-state index is 0.00692. The van der Waals surface area contributed by atoms with Crippen LogP contribution in [0.1, 0.15) is 18.4 Å². The van der Waals surface area contributed by atoms with Gasteiger partial charge in [0.15, 0.2) is 9.84 Å². The molecule has 2 heterocycles. The van der Waals surface area contributed by atoms with Gasteiger partial charge in [0.25, 0.3) is 0 Å². The predicted octanol–water partition coefficient (Wildman–Crippen LogP) is 3.42. The van der Waals surface area contributed by atoms with Crippen LogP contribution in [0, 0.1) is 5.92 Å².